The van der Waals surface area contributed by atoms with E-state index in [0.717, 1.165) is 26.3 Å². The Morgan fingerprint density at radius 3 is 2.22 bits per heavy atom. The number of nitrogens with zero attached hydrogens (tertiary/aromatic N) is 3. The Balaban J connectivity index is 2.09. The molecule has 9 nitrogen and oxygen atoms in total. The Hall–Kier alpha value is -3.96. The molecule has 3 rings (SSSR count). The van der Waals surface area contributed by atoms with Crippen LogP contribution in [0.1, 0.15) is 24.5 Å². The summed E-state index contributed by atoms with van der Waals surface area (Å²) in [5.74, 6) is -0.920. The smallest absolute Gasteiger partial charge is 0.304 e. The van der Waals surface area contributed by atoms with Crippen LogP contribution in [0.2, 0.25) is 0 Å². The maximum Gasteiger partial charge on any atom is 0.304 e. The van der Waals surface area contributed by atoms with Crippen LogP contribution >= 0.6 is 0 Å². The number of anilines is 1. The van der Waals surface area contributed by atoms with E-state index in [2.05, 4.69) is 5.32 Å². The van der Waals surface area contributed by atoms with Gasteiger partial charge in [-0.15, -0.1) is 0 Å². The molecular weight excluding hydrogens is 547 g/mol. The van der Waals surface area contributed by atoms with Crippen LogP contribution in [0.3, 0.4) is 0 Å². The van der Waals surface area contributed by atoms with Crippen molar-refractivity contribution < 1.29 is 27.1 Å². The topological polar surface area (TPSA) is 99.3 Å². The van der Waals surface area contributed by atoms with Crippen molar-refractivity contribution >= 4 is 27.7 Å². The molecule has 0 spiro atoms. The van der Waals surface area contributed by atoms with Crippen LogP contribution in [0.5, 0.6) is 5.75 Å². The summed E-state index contributed by atoms with van der Waals surface area (Å²) in [6.07, 6.45) is 0.913. The van der Waals surface area contributed by atoms with Gasteiger partial charge in [0.15, 0.2) is 0 Å². The van der Waals surface area contributed by atoms with Gasteiger partial charge in [-0.3, -0.25) is 9.59 Å². The van der Waals surface area contributed by atoms with Gasteiger partial charge < -0.3 is 15.0 Å². The largest absolute Gasteiger partial charge is 0.497 e. The first-order valence-corrected chi connectivity index (χ1v) is 14.7. The van der Waals surface area contributed by atoms with Crippen molar-refractivity contribution in [3.05, 3.63) is 95.8 Å². The molecule has 1 N–H and O–H groups in total. The molecule has 41 heavy (non-hydrogen) atoms. The van der Waals surface area contributed by atoms with Crippen molar-refractivity contribution in [1.82, 2.24) is 14.5 Å². The number of hydrogen-bond donors (Lipinski definition) is 1. The van der Waals surface area contributed by atoms with E-state index in [9.17, 15) is 22.4 Å². The first-order chi connectivity index (χ1) is 19.6. The molecule has 2 amide bonds. The molecule has 3 aromatic rings. The highest BCUT2D eigenvalue weighted by molar-refractivity contribution is 7.90. The molecule has 0 heterocycles. The molecule has 0 aliphatic heterocycles. The second-order valence-electron chi connectivity index (χ2n) is 9.64. The van der Waals surface area contributed by atoms with Crippen LogP contribution in [0, 0.1) is 5.82 Å². The van der Waals surface area contributed by atoms with Crippen molar-refractivity contribution in [2.75, 3.05) is 38.6 Å². The Morgan fingerprint density at radius 1 is 0.951 bits per heavy atom. The highest BCUT2D eigenvalue weighted by atomic mass is 32.2. The Kier molecular flexibility index (Phi) is 11.2. The van der Waals surface area contributed by atoms with Crippen LogP contribution in [0.15, 0.2) is 78.9 Å². The molecule has 0 bridgehead atoms. The van der Waals surface area contributed by atoms with Gasteiger partial charge in [0.1, 0.15) is 24.2 Å². The van der Waals surface area contributed by atoms with Gasteiger partial charge in [-0.1, -0.05) is 49.4 Å². The number of halogens is 1. The van der Waals surface area contributed by atoms with E-state index < -0.39 is 34.5 Å². The molecule has 0 saturated carbocycles. The first kappa shape index (κ1) is 31.6. The Labute approximate surface area is 241 Å². The second-order valence-corrected chi connectivity index (χ2v) is 11.7. The average Bonchev–Trinajstić information content (AvgIpc) is 2.97. The van der Waals surface area contributed by atoms with Crippen LogP contribution < -0.4 is 14.4 Å². The minimum atomic E-state index is -4.16. The summed E-state index contributed by atoms with van der Waals surface area (Å²) >= 11 is 0. The van der Waals surface area contributed by atoms with Gasteiger partial charge in [-0.05, 0) is 53.9 Å². The molecule has 11 heteroatoms. The van der Waals surface area contributed by atoms with Gasteiger partial charge in [0.05, 0.1) is 12.8 Å². The monoisotopic (exact) mass is 584 g/mol. The van der Waals surface area contributed by atoms with Crippen molar-refractivity contribution in [3.8, 4) is 5.75 Å². The minimum absolute atomic E-state index is 0.0202. The lowest BCUT2D eigenvalue weighted by molar-refractivity contribution is -0.140. The Morgan fingerprint density at radius 2 is 1.61 bits per heavy atom. The summed E-state index contributed by atoms with van der Waals surface area (Å²) in [4.78, 5) is 29.1. The molecule has 220 valence electrons. The molecule has 3 aromatic carbocycles. The van der Waals surface area contributed by atoms with E-state index in [0.29, 0.717) is 24.3 Å². The third-order valence-corrected chi connectivity index (χ3v) is 8.26. The van der Waals surface area contributed by atoms with E-state index in [1.165, 1.54) is 38.2 Å². The molecule has 1 atom stereocenters. The number of methoxy groups -OCH3 is 1. The number of amides is 2. The second kappa shape index (κ2) is 14.6. The summed E-state index contributed by atoms with van der Waals surface area (Å²) in [5, 5.41) is 2.90. The van der Waals surface area contributed by atoms with Crippen molar-refractivity contribution in [2.45, 2.75) is 32.4 Å². The van der Waals surface area contributed by atoms with E-state index in [1.54, 1.807) is 24.3 Å². The summed E-state index contributed by atoms with van der Waals surface area (Å²) in [6.45, 7) is 1.76. The molecule has 0 fully saturated rings. The van der Waals surface area contributed by atoms with Gasteiger partial charge in [0.25, 0.3) is 0 Å². The number of carbonyl (C=O) groups excluding carboxylic acids is 2. The number of nitrogens with one attached hydrogen (secondary N) is 1. The van der Waals surface area contributed by atoms with Crippen LogP contribution in [0.25, 0.3) is 0 Å². The quantitative estimate of drug-likeness (QED) is 0.312. The molecule has 0 aromatic heterocycles. The number of ether oxygens (including phenoxy) is 1. The van der Waals surface area contributed by atoms with E-state index in [1.807, 2.05) is 37.3 Å². The lowest BCUT2D eigenvalue weighted by Crippen LogP contribution is -2.54. The summed E-state index contributed by atoms with van der Waals surface area (Å²) in [7, 11) is 0.0689. The lowest BCUT2D eigenvalue weighted by Gasteiger charge is -2.34. The zero-order chi connectivity index (χ0) is 30.0. The van der Waals surface area contributed by atoms with E-state index in [4.69, 9.17) is 4.74 Å². The summed E-state index contributed by atoms with van der Waals surface area (Å²) < 4.78 is 47.6. The SMILES string of the molecule is CCCNC(=O)[C@H](Cc1ccccc1)N(Cc1cccc(OC)c1)C(=O)CN(c1ccc(F)cc1)S(=O)(=O)N(C)C. The maximum absolute atomic E-state index is 14.1. The number of carbonyl (C=O) groups is 2. The third-order valence-electron chi connectivity index (χ3n) is 6.44. The zero-order valence-electron chi connectivity index (χ0n) is 23.8. The van der Waals surface area contributed by atoms with Gasteiger partial charge >= 0.3 is 10.2 Å². The van der Waals surface area contributed by atoms with E-state index >= 15 is 0 Å². The highest BCUT2D eigenvalue weighted by Gasteiger charge is 2.34. The molecule has 0 unspecified atom stereocenters. The van der Waals surface area contributed by atoms with Crippen LogP contribution in [-0.2, 0) is 32.8 Å². The number of rotatable bonds is 14. The number of benzene rings is 3. The average molecular weight is 585 g/mol. The fourth-order valence-electron chi connectivity index (χ4n) is 4.21. The van der Waals surface area contributed by atoms with Crippen LogP contribution in [0.4, 0.5) is 10.1 Å². The van der Waals surface area contributed by atoms with Gasteiger partial charge in [0, 0.05) is 33.6 Å². The molecule has 0 radical (unpaired) electrons. The van der Waals surface area contributed by atoms with Crippen LogP contribution in [-0.4, -0.2) is 69.8 Å². The predicted octanol–water partition coefficient (Wildman–Crippen LogP) is 3.61. The molecule has 0 aliphatic carbocycles. The van der Waals surface area contributed by atoms with Gasteiger partial charge in [-0.25, -0.2) is 8.70 Å². The fourth-order valence-corrected chi connectivity index (χ4v) is 5.27. The third kappa shape index (κ3) is 8.51. The van der Waals surface area contributed by atoms with Crippen molar-refractivity contribution in [1.29, 1.82) is 0 Å². The summed E-state index contributed by atoms with van der Waals surface area (Å²) in [6, 6.07) is 20.3. The lowest BCUT2D eigenvalue weighted by atomic mass is 10.0. The zero-order valence-corrected chi connectivity index (χ0v) is 24.6. The van der Waals surface area contributed by atoms with Gasteiger partial charge in [-0.2, -0.15) is 12.7 Å². The minimum Gasteiger partial charge on any atom is -0.497 e. The standard InChI is InChI=1S/C30H37FN4O5S/c1-5-18-32-30(37)28(20-23-10-7-6-8-11-23)34(21-24-12-9-13-27(19-24)40-4)29(36)22-35(41(38,39)33(2)3)26-16-14-25(31)15-17-26/h6-17,19,28H,5,18,20-22H2,1-4H3,(H,32,37)/t28-/m0/s1. The first-order valence-electron chi connectivity index (χ1n) is 13.3. The fraction of sp³-hybridized carbons (Fsp3) is 0.333. The Bertz CT molecular complexity index is 1400. The number of hydrogen-bond acceptors (Lipinski definition) is 5. The molecular formula is C30H37FN4O5S. The predicted molar refractivity (Wildman–Crippen MR) is 157 cm³/mol. The van der Waals surface area contributed by atoms with Gasteiger partial charge in [0.2, 0.25) is 11.8 Å². The maximum atomic E-state index is 14.1. The molecule has 0 aliphatic rings. The molecule has 0 saturated heterocycles. The van der Waals surface area contributed by atoms with Crippen molar-refractivity contribution in [2.24, 2.45) is 0 Å². The normalized spacial score (nSPS) is 12.0. The highest BCUT2D eigenvalue weighted by Crippen LogP contribution is 2.23. The van der Waals surface area contributed by atoms with Crippen molar-refractivity contribution in [3.63, 3.8) is 0 Å². The summed E-state index contributed by atoms with van der Waals surface area (Å²) in [5.41, 5.74) is 1.65. The van der Waals surface area contributed by atoms with E-state index in [-0.39, 0.29) is 24.6 Å².